The molecule has 0 aromatic rings. The van der Waals surface area contributed by atoms with Crippen LogP contribution in [-0.4, -0.2) is 28.9 Å². The molecular formula is C23H35N3O. The van der Waals surface area contributed by atoms with Gasteiger partial charge in [0.25, 0.3) is 5.91 Å². The minimum Gasteiger partial charge on any atom is -0.371 e. The SMILES string of the molecule is CC1CCCC(C)N1/C=C(/C#N)C(=O)NC(C)C12CC3CC(CC(C3)C1)C2. The molecule has 5 rings (SSSR count). The lowest BCUT2D eigenvalue weighted by molar-refractivity contribution is -0.122. The number of nitrogens with zero attached hydrogens (tertiary/aromatic N) is 2. The first kappa shape index (κ1) is 18.8. The van der Waals surface area contributed by atoms with Crippen LogP contribution in [0.25, 0.3) is 0 Å². The van der Waals surface area contributed by atoms with Crippen molar-refractivity contribution in [1.29, 1.82) is 5.26 Å². The zero-order valence-electron chi connectivity index (χ0n) is 17.2. The Hall–Kier alpha value is -1.50. The molecular weight excluding hydrogens is 334 g/mol. The van der Waals surface area contributed by atoms with E-state index in [1.807, 2.05) is 6.20 Å². The van der Waals surface area contributed by atoms with E-state index in [9.17, 15) is 10.1 Å². The predicted molar refractivity (Wildman–Crippen MR) is 107 cm³/mol. The molecule has 5 aliphatic rings. The van der Waals surface area contributed by atoms with E-state index in [1.54, 1.807) is 0 Å². The zero-order valence-corrected chi connectivity index (χ0v) is 17.2. The van der Waals surface area contributed by atoms with Gasteiger partial charge in [-0.05, 0) is 102 Å². The van der Waals surface area contributed by atoms with Crippen LogP contribution in [0.3, 0.4) is 0 Å². The third-order valence-corrected chi connectivity index (χ3v) is 8.26. The number of nitrogens with one attached hydrogen (secondary N) is 1. The van der Waals surface area contributed by atoms with Gasteiger partial charge in [0, 0.05) is 24.3 Å². The normalized spacial score (nSPS) is 41.9. The number of nitriles is 1. The van der Waals surface area contributed by atoms with Gasteiger partial charge >= 0.3 is 0 Å². The maximum Gasteiger partial charge on any atom is 0.263 e. The Labute approximate surface area is 164 Å². The molecule has 1 amide bonds. The van der Waals surface area contributed by atoms with Gasteiger partial charge in [0.05, 0.1) is 0 Å². The molecule has 4 saturated carbocycles. The molecule has 1 heterocycles. The summed E-state index contributed by atoms with van der Waals surface area (Å²) in [6, 6.07) is 3.12. The van der Waals surface area contributed by atoms with Crippen molar-refractivity contribution in [2.45, 2.75) is 96.7 Å². The van der Waals surface area contributed by atoms with Crippen molar-refractivity contribution >= 4 is 5.91 Å². The summed E-state index contributed by atoms with van der Waals surface area (Å²) in [7, 11) is 0. The van der Waals surface area contributed by atoms with Crippen LogP contribution in [0.15, 0.2) is 11.8 Å². The van der Waals surface area contributed by atoms with Gasteiger partial charge in [0.2, 0.25) is 0 Å². The molecule has 1 aliphatic heterocycles. The van der Waals surface area contributed by atoms with Gasteiger partial charge in [-0.25, -0.2) is 0 Å². The maximum absolute atomic E-state index is 12.9. The van der Waals surface area contributed by atoms with E-state index in [4.69, 9.17) is 0 Å². The van der Waals surface area contributed by atoms with Crippen molar-refractivity contribution in [2.24, 2.45) is 23.2 Å². The molecule has 0 spiro atoms. The van der Waals surface area contributed by atoms with Gasteiger partial charge in [-0.2, -0.15) is 5.26 Å². The second-order valence-electron chi connectivity index (χ2n) is 10.2. The number of piperidine rings is 1. The predicted octanol–water partition coefficient (Wildman–Crippen LogP) is 4.38. The Balaban J connectivity index is 1.46. The third-order valence-electron chi connectivity index (χ3n) is 8.26. The molecule has 1 N–H and O–H groups in total. The van der Waals surface area contributed by atoms with E-state index in [0.717, 1.165) is 30.6 Å². The number of carbonyl (C=O) groups excluding carboxylic acids is 1. The van der Waals surface area contributed by atoms with E-state index in [2.05, 4.69) is 37.1 Å². The van der Waals surface area contributed by atoms with Crippen molar-refractivity contribution in [2.75, 3.05) is 0 Å². The molecule has 148 valence electrons. The number of hydrogen-bond acceptors (Lipinski definition) is 3. The molecule has 1 saturated heterocycles. The van der Waals surface area contributed by atoms with Crippen LogP contribution in [0.5, 0.6) is 0 Å². The number of hydrogen-bond donors (Lipinski definition) is 1. The van der Waals surface area contributed by atoms with E-state index in [1.165, 1.54) is 44.9 Å². The average molecular weight is 370 g/mol. The van der Waals surface area contributed by atoms with Crippen LogP contribution in [0.4, 0.5) is 0 Å². The van der Waals surface area contributed by atoms with Crippen LogP contribution in [0.1, 0.15) is 78.6 Å². The van der Waals surface area contributed by atoms with Crippen molar-refractivity contribution in [3.63, 3.8) is 0 Å². The Morgan fingerprint density at radius 3 is 2.11 bits per heavy atom. The summed E-state index contributed by atoms with van der Waals surface area (Å²) in [5.74, 6) is 2.44. The van der Waals surface area contributed by atoms with Crippen LogP contribution >= 0.6 is 0 Å². The largest absolute Gasteiger partial charge is 0.371 e. The van der Waals surface area contributed by atoms with E-state index < -0.39 is 0 Å². The zero-order chi connectivity index (χ0) is 19.2. The number of amides is 1. The second kappa shape index (κ2) is 7.15. The Morgan fingerprint density at radius 1 is 1.11 bits per heavy atom. The van der Waals surface area contributed by atoms with Crippen LogP contribution in [0, 0.1) is 34.5 Å². The van der Waals surface area contributed by atoms with Gasteiger partial charge in [-0.3, -0.25) is 4.79 Å². The summed E-state index contributed by atoms with van der Waals surface area (Å²) in [6.07, 6.45) is 13.4. The first-order chi connectivity index (χ1) is 12.9. The summed E-state index contributed by atoms with van der Waals surface area (Å²) < 4.78 is 0. The lowest BCUT2D eigenvalue weighted by Gasteiger charge is -2.59. The Morgan fingerprint density at radius 2 is 1.63 bits per heavy atom. The van der Waals surface area contributed by atoms with Gasteiger partial charge in [0.1, 0.15) is 11.6 Å². The molecule has 4 nitrogen and oxygen atoms in total. The first-order valence-electron chi connectivity index (χ1n) is 11.1. The number of rotatable bonds is 4. The van der Waals surface area contributed by atoms with Crippen molar-refractivity contribution < 1.29 is 4.79 Å². The molecule has 3 atom stereocenters. The summed E-state index contributed by atoms with van der Waals surface area (Å²) in [5.41, 5.74) is 0.545. The van der Waals surface area contributed by atoms with E-state index >= 15 is 0 Å². The highest BCUT2D eigenvalue weighted by Gasteiger charge is 2.53. The van der Waals surface area contributed by atoms with Crippen molar-refractivity contribution in [1.82, 2.24) is 10.2 Å². The smallest absolute Gasteiger partial charge is 0.263 e. The Kier molecular flexibility index (Phi) is 4.99. The van der Waals surface area contributed by atoms with Crippen LogP contribution < -0.4 is 5.32 Å². The lowest BCUT2D eigenvalue weighted by Crippen LogP contribution is -2.56. The second-order valence-corrected chi connectivity index (χ2v) is 10.2. The molecule has 4 heteroatoms. The van der Waals surface area contributed by atoms with Crippen molar-refractivity contribution in [3.8, 4) is 6.07 Å². The molecule has 3 unspecified atom stereocenters. The number of carbonyl (C=O) groups is 1. The molecule has 27 heavy (non-hydrogen) atoms. The highest BCUT2D eigenvalue weighted by Crippen LogP contribution is 2.61. The van der Waals surface area contributed by atoms with Gasteiger partial charge in [-0.1, -0.05) is 0 Å². The fourth-order valence-electron chi connectivity index (χ4n) is 7.12. The molecule has 4 aliphatic carbocycles. The summed E-state index contributed by atoms with van der Waals surface area (Å²) in [6.45, 7) is 6.57. The standard InChI is InChI=1S/C23H35N3O/c1-15-5-4-6-16(2)26(15)14-21(13-24)22(27)25-17(3)23-10-18-7-19(11-23)9-20(8-18)12-23/h14-20H,4-12H2,1-3H3,(H,25,27)/b21-14-. The quantitative estimate of drug-likeness (QED) is 0.591. The van der Waals surface area contributed by atoms with Gasteiger partial charge < -0.3 is 10.2 Å². The molecule has 0 radical (unpaired) electrons. The number of likely N-dealkylation sites (tertiary alicyclic amines) is 1. The average Bonchev–Trinajstić information content (AvgIpc) is 2.60. The molecule has 4 bridgehead atoms. The topological polar surface area (TPSA) is 56.1 Å². The molecule has 0 aromatic carbocycles. The van der Waals surface area contributed by atoms with Crippen LogP contribution in [-0.2, 0) is 4.79 Å². The molecule has 5 fully saturated rings. The summed E-state index contributed by atoms with van der Waals surface area (Å²) in [5, 5.41) is 12.9. The van der Waals surface area contributed by atoms with Gasteiger partial charge in [0.15, 0.2) is 0 Å². The summed E-state index contributed by atoms with van der Waals surface area (Å²) in [4.78, 5) is 15.2. The van der Waals surface area contributed by atoms with Crippen LogP contribution in [0.2, 0.25) is 0 Å². The minimum atomic E-state index is -0.175. The minimum absolute atomic E-state index is 0.159. The Bertz CT molecular complexity index is 616. The third kappa shape index (κ3) is 3.50. The van der Waals surface area contributed by atoms with Crippen molar-refractivity contribution in [3.05, 3.63) is 11.8 Å². The fraction of sp³-hybridized carbons (Fsp3) is 0.826. The molecule has 0 aromatic heterocycles. The van der Waals surface area contributed by atoms with Gasteiger partial charge in [-0.15, -0.1) is 0 Å². The highest BCUT2D eigenvalue weighted by atomic mass is 16.1. The highest BCUT2D eigenvalue weighted by molar-refractivity contribution is 5.97. The van der Waals surface area contributed by atoms with E-state index in [0.29, 0.717) is 12.1 Å². The fourth-order valence-corrected chi connectivity index (χ4v) is 7.12. The summed E-state index contributed by atoms with van der Waals surface area (Å²) >= 11 is 0. The first-order valence-corrected chi connectivity index (χ1v) is 11.1. The maximum atomic E-state index is 12.9. The van der Waals surface area contributed by atoms with E-state index in [-0.39, 0.29) is 22.9 Å². The lowest BCUT2D eigenvalue weighted by atomic mass is 9.48. The monoisotopic (exact) mass is 369 g/mol.